The summed E-state index contributed by atoms with van der Waals surface area (Å²) < 4.78 is 29.1. The smallest absolute Gasteiger partial charge is 0.306 e. The molecule has 1 heterocycles. The zero-order valence-electron chi connectivity index (χ0n) is 10.0. The van der Waals surface area contributed by atoms with Gasteiger partial charge in [-0.25, -0.2) is 0 Å². The van der Waals surface area contributed by atoms with Gasteiger partial charge in [-0.3, -0.25) is 4.79 Å². The van der Waals surface area contributed by atoms with E-state index in [1.165, 1.54) is 7.11 Å². The number of carboxylic acids is 1. The number of fused-ring (bicyclic) bond motifs is 1. The summed E-state index contributed by atoms with van der Waals surface area (Å²) in [6, 6.07) is 1.56. The van der Waals surface area contributed by atoms with Gasteiger partial charge in [0.1, 0.15) is 0 Å². The normalized spacial score (nSPS) is 14.4. The fourth-order valence-electron chi connectivity index (χ4n) is 1.82. The maximum Gasteiger partial charge on any atom is 0.306 e. The van der Waals surface area contributed by atoms with Crippen LogP contribution in [-0.4, -0.2) is 25.0 Å². The van der Waals surface area contributed by atoms with Crippen molar-refractivity contribution in [3.63, 3.8) is 0 Å². The van der Waals surface area contributed by atoms with E-state index in [1.54, 1.807) is 13.0 Å². The number of halogens is 1. The molecule has 0 aliphatic carbocycles. The molecule has 1 N–H and O–H groups in total. The Balaban J connectivity index is 2.40. The number of rotatable bonds is 4. The van der Waals surface area contributed by atoms with E-state index in [1.807, 2.05) is 0 Å². The van der Waals surface area contributed by atoms with Crippen LogP contribution in [0.3, 0.4) is 0 Å². The van der Waals surface area contributed by atoms with Crippen molar-refractivity contribution in [2.45, 2.75) is 13.3 Å². The number of ether oxygens (including phenoxy) is 3. The molecule has 5 nitrogen and oxygen atoms in total. The lowest BCUT2D eigenvalue weighted by molar-refractivity contribution is -0.141. The van der Waals surface area contributed by atoms with Gasteiger partial charge in [0.25, 0.3) is 0 Å². The van der Waals surface area contributed by atoms with Crippen LogP contribution in [0.2, 0.25) is 0 Å². The van der Waals surface area contributed by atoms with E-state index in [4.69, 9.17) is 19.3 Å². The quantitative estimate of drug-likeness (QED) is 0.890. The predicted molar refractivity (Wildman–Crippen MR) is 59.6 cm³/mol. The van der Waals surface area contributed by atoms with Crippen LogP contribution in [0.25, 0.3) is 0 Å². The van der Waals surface area contributed by atoms with Crippen molar-refractivity contribution in [3.05, 3.63) is 17.4 Å². The van der Waals surface area contributed by atoms with Gasteiger partial charge in [0.05, 0.1) is 13.0 Å². The molecule has 1 atom stereocenters. The van der Waals surface area contributed by atoms with E-state index in [0.29, 0.717) is 5.56 Å². The second kappa shape index (κ2) is 4.72. The van der Waals surface area contributed by atoms with E-state index in [9.17, 15) is 9.18 Å². The lowest BCUT2D eigenvalue weighted by Crippen LogP contribution is -2.13. The van der Waals surface area contributed by atoms with Crippen LogP contribution in [0.5, 0.6) is 17.2 Å². The summed E-state index contributed by atoms with van der Waals surface area (Å²) in [6.07, 6.45) is 0.159. The summed E-state index contributed by atoms with van der Waals surface area (Å²) in [6.45, 7) is 1.50. The minimum atomic E-state index is -0.949. The van der Waals surface area contributed by atoms with Crippen LogP contribution in [0.1, 0.15) is 12.5 Å². The molecule has 1 aliphatic heterocycles. The Hall–Kier alpha value is -1.98. The molecule has 1 aromatic rings. The third-order valence-electron chi connectivity index (χ3n) is 2.79. The maximum atomic E-state index is 14.0. The Morgan fingerprint density at radius 2 is 2.33 bits per heavy atom. The molecule has 0 radical (unpaired) electrons. The maximum absolute atomic E-state index is 14.0. The van der Waals surface area contributed by atoms with E-state index in [-0.39, 0.29) is 30.5 Å². The highest BCUT2D eigenvalue weighted by molar-refractivity contribution is 5.70. The Bertz CT molecular complexity index is 486. The largest absolute Gasteiger partial charge is 0.493 e. The van der Waals surface area contributed by atoms with E-state index >= 15 is 0 Å². The molecule has 18 heavy (non-hydrogen) atoms. The highest BCUT2D eigenvalue weighted by Crippen LogP contribution is 2.42. The molecule has 6 heteroatoms. The number of hydrogen-bond acceptors (Lipinski definition) is 4. The minimum Gasteiger partial charge on any atom is -0.493 e. The molecule has 0 aromatic heterocycles. The first kappa shape index (κ1) is 12.5. The molecule has 0 amide bonds. The highest BCUT2D eigenvalue weighted by atomic mass is 19.1. The van der Waals surface area contributed by atoms with Gasteiger partial charge in [0.15, 0.2) is 11.5 Å². The topological polar surface area (TPSA) is 65.0 Å². The molecule has 0 fully saturated rings. The fourth-order valence-corrected chi connectivity index (χ4v) is 1.82. The Labute approximate surface area is 103 Å². The van der Waals surface area contributed by atoms with Gasteiger partial charge in [-0.2, -0.15) is 4.39 Å². The molecule has 0 saturated heterocycles. The Morgan fingerprint density at radius 3 is 2.94 bits per heavy atom. The van der Waals surface area contributed by atoms with Crippen LogP contribution < -0.4 is 14.2 Å². The first-order valence-electron chi connectivity index (χ1n) is 5.42. The van der Waals surface area contributed by atoms with Crippen molar-refractivity contribution < 1.29 is 28.5 Å². The molecule has 0 saturated carbocycles. The van der Waals surface area contributed by atoms with Crippen molar-refractivity contribution in [1.29, 1.82) is 0 Å². The first-order chi connectivity index (χ1) is 8.54. The minimum absolute atomic E-state index is 0.00681. The third kappa shape index (κ3) is 2.05. The SMILES string of the molecule is COc1c(CC(C)C(=O)O)cc2c(c1F)OCO2. The van der Waals surface area contributed by atoms with Gasteiger partial charge in [-0.05, 0) is 12.5 Å². The molecule has 2 rings (SSSR count). The molecule has 1 aliphatic rings. The Morgan fingerprint density at radius 1 is 1.61 bits per heavy atom. The number of aliphatic carboxylic acids is 1. The summed E-state index contributed by atoms with van der Waals surface area (Å²) in [4.78, 5) is 10.8. The van der Waals surface area contributed by atoms with E-state index < -0.39 is 17.7 Å². The van der Waals surface area contributed by atoms with Crippen LogP contribution in [0.15, 0.2) is 6.07 Å². The molecule has 0 spiro atoms. The highest BCUT2D eigenvalue weighted by Gasteiger charge is 2.26. The summed E-state index contributed by atoms with van der Waals surface area (Å²) in [5.41, 5.74) is 0.453. The molecular weight excluding hydrogens is 243 g/mol. The third-order valence-corrected chi connectivity index (χ3v) is 2.79. The zero-order chi connectivity index (χ0) is 13.3. The van der Waals surface area contributed by atoms with Gasteiger partial charge in [-0.15, -0.1) is 0 Å². The fraction of sp³-hybridized carbons (Fsp3) is 0.417. The van der Waals surface area contributed by atoms with Crippen molar-refractivity contribution >= 4 is 5.97 Å². The number of hydrogen-bond donors (Lipinski definition) is 1. The number of benzene rings is 1. The van der Waals surface area contributed by atoms with Crippen LogP contribution in [0, 0.1) is 11.7 Å². The van der Waals surface area contributed by atoms with Gasteiger partial charge >= 0.3 is 5.97 Å². The molecule has 1 aromatic carbocycles. The molecule has 98 valence electrons. The van der Waals surface area contributed by atoms with Gasteiger partial charge in [0, 0.05) is 5.56 Å². The predicted octanol–water partition coefficient (Wildman–Crippen LogP) is 1.83. The molecular formula is C12H13FO5. The second-order valence-electron chi connectivity index (χ2n) is 4.06. The molecule has 0 bridgehead atoms. The van der Waals surface area contributed by atoms with Crippen LogP contribution in [-0.2, 0) is 11.2 Å². The van der Waals surface area contributed by atoms with Gasteiger partial charge in [-0.1, -0.05) is 6.92 Å². The zero-order valence-corrected chi connectivity index (χ0v) is 10.0. The first-order valence-corrected chi connectivity index (χ1v) is 5.42. The second-order valence-corrected chi connectivity index (χ2v) is 4.06. The average molecular weight is 256 g/mol. The summed E-state index contributed by atoms with van der Waals surface area (Å²) in [5.74, 6) is -1.94. The van der Waals surface area contributed by atoms with Crippen LogP contribution in [0.4, 0.5) is 4.39 Å². The number of carboxylic acid groups (broad SMARTS) is 1. The van der Waals surface area contributed by atoms with Gasteiger partial charge in [0.2, 0.25) is 18.4 Å². The number of methoxy groups -OCH3 is 1. The molecule has 1 unspecified atom stereocenters. The van der Waals surface area contributed by atoms with E-state index in [2.05, 4.69) is 0 Å². The van der Waals surface area contributed by atoms with Crippen LogP contribution >= 0.6 is 0 Å². The summed E-state index contributed by atoms with van der Waals surface area (Å²) in [7, 11) is 1.33. The summed E-state index contributed by atoms with van der Waals surface area (Å²) >= 11 is 0. The van der Waals surface area contributed by atoms with Crippen molar-refractivity contribution in [3.8, 4) is 17.2 Å². The lowest BCUT2D eigenvalue weighted by Gasteiger charge is -2.13. The van der Waals surface area contributed by atoms with Crippen molar-refractivity contribution in [2.75, 3.05) is 13.9 Å². The van der Waals surface area contributed by atoms with Gasteiger partial charge < -0.3 is 19.3 Å². The number of carbonyl (C=O) groups is 1. The standard InChI is InChI=1S/C12H13FO5/c1-6(12(14)15)3-7-4-8-11(18-5-17-8)9(13)10(7)16-2/h4,6H,3,5H2,1-2H3,(H,14,15). The van der Waals surface area contributed by atoms with Crippen molar-refractivity contribution in [2.24, 2.45) is 5.92 Å². The van der Waals surface area contributed by atoms with Crippen molar-refractivity contribution in [1.82, 2.24) is 0 Å². The summed E-state index contributed by atoms with van der Waals surface area (Å²) in [5, 5.41) is 8.88. The lowest BCUT2D eigenvalue weighted by atomic mass is 9.99. The Kier molecular flexibility index (Phi) is 3.27. The monoisotopic (exact) mass is 256 g/mol. The average Bonchev–Trinajstić information content (AvgIpc) is 2.77. The van der Waals surface area contributed by atoms with E-state index in [0.717, 1.165) is 0 Å².